The lowest BCUT2D eigenvalue weighted by atomic mass is 10.2. The fourth-order valence-corrected chi connectivity index (χ4v) is 6.30. The van der Waals surface area contributed by atoms with E-state index < -0.39 is 32.5 Å². The molecule has 0 fully saturated rings. The number of aryl methyl sites for hydroxylation is 2. The van der Waals surface area contributed by atoms with Gasteiger partial charge in [-0.25, -0.2) is 31.5 Å². The number of nitrogens with zero attached hydrogens (tertiary/aromatic N) is 3. The molecule has 0 atom stereocenters. The largest absolute Gasteiger partial charge is 0.495 e. The Kier molecular flexibility index (Phi) is 8.80. The zero-order valence-electron chi connectivity index (χ0n) is 22.2. The van der Waals surface area contributed by atoms with E-state index in [1.54, 1.807) is 25.1 Å². The van der Waals surface area contributed by atoms with Crippen molar-refractivity contribution < 1.29 is 26.4 Å². The lowest BCUT2D eigenvalue weighted by Crippen LogP contribution is -2.38. The smallest absolute Gasteiger partial charge is 0.264 e. The van der Waals surface area contributed by atoms with E-state index in [-0.39, 0.29) is 32.1 Å². The van der Waals surface area contributed by atoms with E-state index in [0.717, 1.165) is 9.87 Å². The van der Waals surface area contributed by atoms with E-state index in [4.69, 9.17) is 16.3 Å². The number of halogens is 1. The number of amides is 1. The fourth-order valence-electron chi connectivity index (χ4n) is 3.69. The number of carbonyl (C=O) groups is 1. The van der Waals surface area contributed by atoms with E-state index in [2.05, 4.69) is 20.0 Å². The van der Waals surface area contributed by atoms with Crippen LogP contribution in [-0.4, -0.2) is 46.4 Å². The summed E-state index contributed by atoms with van der Waals surface area (Å²) in [5.41, 5.74) is 1.86. The first kappa shape index (κ1) is 29.8. The van der Waals surface area contributed by atoms with Crippen LogP contribution in [0.4, 0.5) is 17.3 Å². The molecule has 0 aliphatic rings. The first-order chi connectivity index (χ1) is 19.4. The van der Waals surface area contributed by atoms with Crippen molar-refractivity contribution in [1.82, 2.24) is 9.97 Å². The number of benzene rings is 3. The monoisotopic (exact) mass is 615 g/mol. The average molecular weight is 616 g/mol. The summed E-state index contributed by atoms with van der Waals surface area (Å²) >= 11 is 6.26. The highest BCUT2D eigenvalue weighted by molar-refractivity contribution is 7.93. The number of anilines is 3. The van der Waals surface area contributed by atoms with Gasteiger partial charge in [-0.2, -0.15) is 0 Å². The van der Waals surface area contributed by atoms with E-state index in [1.165, 1.54) is 67.9 Å². The maximum Gasteiger partial charge on any atom is 0.264 e. The van der Waals surface area contributed by atoms with Crippen molar-refractivity contribution >= 4 is 54.9 Å². The first-order valence-electron chi connectivity index (χ1n) is 12.0. The normalized spacial score (nSPS) is 11.5. The standard InChI is InChI=1S/C27H26ClN5O6S2/c1-18-4-9-23(10-5-18)41(37,38)33(21-8-13-25(39-3)24(28)16-21)17-26(34)31-20-6-11-22(12-7-20)40(35,36)32-27-29-15-14-19(2)30-27/h4-16H,17H2,1-3H3,(H,31,34)(H,29,30,32). The maximum absolute atomic E-state index is 13.6. The summed E-state index contributed by atoms with van der Waals surface area (Å²) in [5.74, 6) is -0.406. The Morgan fingerprint density at radius 3 is 2.20 bits per heavy atom. The summed E-state index contributed by atoms with van der Waals surface area (Å²) < 4.78 is 61.0. The molecule has 4 aromatic rings. The summed E-state index contributed by atoms with van der Waals surface area (Å²) in [6, 6.07) is 17.6. The topological polar surface area (TPSA) is 148 Å². The Balaban J connectivity index is 1.56. The molecule has 214 valence electrons. The molecule has 3 aromatic carbocycles. The van der Waals surface area contributed by atoms with Gasteiger partial charge in [-0.05, 0) is 74.5 Å². The van der Waals surface area contributed by atoms with Crippen LogP contribution in [0.1, 0.15) is 11.3 Å². The van der Waals surface area contributed by atoms with Gasteiger partial charge in [0.15, 0.2) is 0 Å². The minimum atomic E-state index is -4.18. The average Bonchev–Trinajstić information content (AvgIpc) is 2.92. The molecule has 0 radical (unpaired) electrons. The van der Waals surface area contributed by atoms with Gasteiger partial charge >= 0.3 is 0 Å². The van der Waals surface area contributed by atoms with Crippen LogP contribution in [0.5, 0.6) is 5.75 Å². The molecule has 0 bridgehead atoms. The van der Waals surface area contributed by atoms with E-state index in [9.17, 15) is 21.6 Å². The third-order valence-corrected chi connectivity index (χ3v) is 9.22. The second-order valence-corrected chi connectivity index (χ2v) is 12.8. The number of ether oxygens (including phenoxy) is 1. The van der Waals surface area contributed by atoms with Crippen LogP contribution in [0, 0.1) is 13.8 Å². The van der Waals surface area contributed by atoms with Crippen molar-refractivity contribution in [2.75, 3.05) is 28.0 Å². The van der Waals surface area contributed by atoms with Crippen LogP contribution < -0.4 is 19.1 Å². The van der Waals surface area contributed by atoms with Crippen molar-refractivity contribution in [3.63, 3.8) is 0 Å². The predicted octanol–water partition coefficient (Wildman–Crippen LogP) is 4.39. The zero-order valence-corrected chi connectivity index (χ0v) is 24.6. The van der Waals surface area contributed by atoms with Gasteiger partial charge in [0.05, 0.1) is 27.6 Å². The van der Waals surface area contributed by atoms with Crippen LogP contribution in [0.15, 0.2) is 88.8 Å². The zero-order chi connectivity index (χ0) is 29.8. The quantitative estimate of drug-likeness (QED) is 0.267. The Hall–Kier alpha value is -4.20. The van der Waals surface area contributed by atoms with Gasteiger partial charge in [0, 0.05) is 17.6 Å². The van der Waals surface area contributed by atoms with Crippen LogP contribution in [0.25, 0.3) is 0 Å². The molecule has 4 rings (SSSR count). The fraction of sp³-hybridized carbons (Fsp3) is 0.148. The molecule has 0 unspecified atom stereocenters. The van der Waals surface area contributed by atoms with Crippen molar-refractivity contribution in [3.8, 4) is 5.75 Å². The summed E-state index contributed by atoms with van der Waals surface area (Å²) in [4.78, 5) is 20.9. The number of sulfonamides is 2. The number of hydrogen-bond donors (Lipinski definition) is 2. The van der Waals surface area contributed by atoms with Gasteiger partial charge in [0.25, 0.3) is 20.0 Å². The predicted molar refractivity (Wildman–Crippen MR) is 156 cm³/mol. The number of aromatic nitrogens is 2. The molecule has 0 saturated heterocycles. The van der Waals surface area contributed by atoms with Gasteiger partial charge in [-0.1, -0.05) is 29.3 Å². The molecule has 1 heterocycles. The van der Waals surface area contributed by atoms with Crippen molar-refractivity contribution in [1.29, 1.82) is 0 Å². The molecule has 1 amide bonds. The minimum absolute atomic E-state index is 0.0116. The SMILES string of the molecule is COc1ccc(N(CC(=O)Nc2ccc(S(=O)(=O)Nc3nccc(C)n3)cc2)S(=O)(=O)c2ccc(C)cc2)cc1Cl. The molecular weight excluding hydrogens is 590 g/mol. The molecule has 0 spiro atoms. The Morgan fingerprint density at radius 2 is 1.59 bits per heavy atom. The molecular formula is C27H26ClN5O6S2. The van der Waals surface area contributed by atoms with Crippen LogP contribution in [-0.2, 0) is 24.8 Å². The highest BCUT2D eigenvalue weighted by Crippen LogP contribution is 2.32. The molecule has 0 aliphatic heterocycles. The highest BCUT2D eigenvalue weighted by Gasteiger charge is 2.28. The van der Waals surface area contributed by atoms with Gasteiger partial charge in [0.1, 0.15) is 12.3 Å². The van der Waals surface area contributed by atoms with Crippen LogP contribution >= 0.6 is 11.6 Å². The number of carbonyl (C=O) groups excluding carboxylic acids is 1. The molecule has 41 heavy (non-hydrogen) atoms. The van der Waals surface area contributed by atoms with Gasteiger partial charge in [-0.3, -0.25) is 9.10 Å². The molecule has 14 heteroatoms. The Morgan fingerprint density at radius 1 is 0.927 bits per heavy atom. The lowest BCUT2D eigenvalue weighted by molar-refractivity contribution is -0.114. The summed E-state index contributed by atoms with van der Waals surface area (Å²) in [6.07, 6.45) is 1.43. The summed E-state index contributed by atoms with van der Waals surface area (Å²) in [6.45, 7) is 2.94. The highest BCUT2D eigenvalue weighted by atomic mass is 35.5. The lowest BCUT2D eigenvalue weighted by Gasteiger charge is -2.24. The van der Waals surface area contributed by atoms with Crippen molar-refractivity contribution in [3.05, 3.63) is 95.3 Å². The maximum atomic E-state index is 13.6. The van der Waals surface area contributed by atoms with Crippen LogP contribution in [0.3, 0.4) is 0 Å². The number of hydrogen-bond acceptors (Lipinski definition) is 8. The molecule has 0 saturated carbocycles. The second-order valence-electron chi connectivity index (χ2n) is 8.84. The Labute approximate surface area is 243 Å². The van der Waals surface area contributed by atoms with E-state index in [1.807, 2.05) is 6.92 Å². The number of methoxy groups -OCH3 is 1. The number of rotatable bonds is 10. The van der Waals surface area contributed by atoms with Gasteiger partial charge in [0.2, 0.25) is 11.9 Å². The van der Waals surface area contributed by atoms with Crippen molar-refractivity contribution in [2.45, 2.75) is 23.6 Å². The van der Waals surface area contributed by atoms with E-state index in [0.29, 0.717) is 11.4 Å². The third kappa shape index (κ3) is 7.12. The molecule has 2 N–H and O–H groups in total. The van der Waals surface area contributed by atoms with Crippen LogP contribution in [0.2, 0.25) is 5.02 Å². The minimum Gasteiger partial charge on any atom is -0.495 e. The van der Waals surface area contributed by atoms with Crippen molar-refractivity contribution in [2.24, 2.45) is 0 Å². The summed E-state index contributed by atoms with van der Waals surface area (Å²) in [5, 5.41) is 2.77. The first-order valence-corrected chi connectivity index (χ1v) is 15.3. The van der Waals surface area contributed by atoms with E-state index >= 15 is 0 Å². The third-order valence-electron chi connectivity index (χ3n) is 5.79. The summed E-state index contributed by atoms with van der Waals surface area (Å²) in [7, 11) is -6.74. The van der Waals surface area contributed by atoms with Gasteiger partial charge < -0.3 is 10.1 Å². The number of nitrogens with one attached hydrogen (secondary N) is 2. The van der Waals surface area contributed by atoms with Gasteiger partial charge in [-0.15, -0.1) is 0 Å². The second kappa shape index (κ2) is 12.1. The molecule has 11 nitrogen and oxygen atoms in total. The Bertz CT molecular complexity index is 1780. The molecule has 1 aromatic heterocycles. The molecule has 0 aliphatic carbocycles.